The number of sulfonamides is 1. The minimum Gasteiger partial charge on any atom is -0.322 e. The van der Waals surface area contributed by atoms with E-state index in [0.717, 1.165) is 16.8 Å². The van der Waals surface area contributed by atoms with E-state index in [1.807, 2.05) is 29.0 Å². The van der Waals surface area contributed by atoms with E-state index in [2.05, 4.69) is 14.9 Å². The van der Waals surface area contributed by atoms with Crippen molar-refractivity contribution in [1.82, 2.24) is 13.9 Å². The fourth-order valence-corrected chi connectivity index (χ4v) is 6.41. The molecule has 4 aromatic rings. The molecule has 1 aliphatic heterocycles. The van der Waals surface area contributed by atoms with E-state index < -0.39 is 10.0 Å². The Morgan fingerprint density at radius 2 is 1.94 bits per heavy atom. The number of fused-ring (bicyclic) bond motifs is 1. The highest BCUT2D eigenvalue weighted by Crippen LogP contribution is 2.28. The number of aromatic nitrogens is 2. The topological polar surface area (TPSA) is 92.3 Å². The van der Waals surface area contributed by atoms with Crippen LogP contribution in [0.3, 0.4) is 0 Å². The molecule has 0 fully saturated rings. The Balaban J connectivity index is 1.33. The van der Waals surface area contributed by atoms with Crippen molar-refractivity contribution in [2.45, 2.75) is 17.9 Å². The van der Waals surface area contributed by atoms with Gasteiger partial charge in [-0.25, -0.2) is 8.42 Å². The monoisotopic (exact) mass is 482 g/mol. The zero-order valence-electron chi connectivity index (χ0n) is 16.8. The summed E-state index contributed by atoms with van der Waals surface area (Å²) in [6.45, 7) is 0.797. The van der Waals surface area contributed by atoms with Crippen molar-refractivity contribution in [3.05, 3.63) is 81.4 Å². The van der Waals surface area contributed by atoms with Crippen LogP contribution in [0.2, 0.25) is 0 Å². The quantitative estimate of drug-likeness (QED) is 0.459. The average Bonchev–Trinajstić information content (AvgIpc) is 3.51. The smallest absolute Gasteiger partial charge is 0.255 e. The molecule has 0 saturated heterocycles. The van der Waals surface area contributed by atoms with E-state index in [9.17, 15) is 13.2 Å². The summed E-state index contributed by atoms with van der Waals surface area (Å²) in [5.41, 5.74) is 3.62. The third-order valence-corrected chi connectivity index (χ3v) is 8.67. The van der Waals surface area contributed by atoms with Gasteiger partial charge in [-0.15, -0.1) is 16.4 Å². The number of nitrogens with one attached hydrogen (secondary N) is 1. The first-order valence-corrected chi connectivity index (χ1v) is 13.0. The number of rotatable bonds is 5. The molecule has 162 valence electrons. The predicted molar refractivity (Wildman–Crippen MR) is 125 cm³/mol. The zero-order chi connectivity index (χ0) is 22.1. The van der Waals surface area contributed by atoms with Crippen molar-refractivity contribution in [2.75, 3.05) is 11.9 Å². The highest BCUT2D eigenvalue weighted by Gasteiger charge is 2.29. The number of thiophene rings is 1. The summed E-state index contributed by atoms with van der Waals surface area (Å²) in [6.07, 6.45) is 0.708. The van der Waals surface area contributed by atoms with Crippen LogP contribution < -0.4 is 5.32 Å². The van der Waals surface area contributed by atoms with E-state index in [1.165, 1.54) is 32.8 Å². The molecule has 0 spiro atoms. The highest BCUT2D eigenvalue weighted by molar-refractivity contribution is 7.89. The van der Waals surface area contributed by atoms with Gasteiger partial charge in [-0.2, -0.15) is 4.31 Å². The Hall–Kier alpha value is -2.92. The molecule has 2 aromatic heterocycles. The zero-order valence-corrected chi connectivity index (χ0v) is 19.2. The van der Waals surface area contributed by atoms with Crippen LogP contribution in [-0.2, 0) is 23.0 Å². The molecule has 2 aromatic carbocycles. The fourth-order valence-electron chi connectivity index (χ4n) is 3.59. The minimum absolute atomic E-state index is 0.121. The lowest BCUT2D eigenvalue weighted by Crippen LogP contribution is -2.35. The Morgan fingerprint density at radius 3 is 2.72 bits per heavy atom. The maximum absolute atomic E-state index is 13.2. The van der Waals surface area contributed by atoms with Crippen molar-refractivity contribution in [1.29, 1.82) is 0 Å². The van der Waals surface area contributed by atoms with Crippen LogP contribution in [0.25, 0.3) is 11.3 Å². The molecule has 0 saturated carbocycles. The Labute approximate surface area is 193 Å². The second kappa shape index (κ2) is 8.55. The second-order valence-electron chi connectivity index (χ2n) is 7.31. The number of anilines is 1. The van der Waals surface area contributed by atoms with E-state index in [0.29, 0.717) is 25.2 Å². The minimum atomic E-state index is -3.70. The lowest BCUT2D eigenvalue weighted by molar-refractivity contribution is 0.102. The number of carbonyl (C=O) groups is 1. The average molecular weight is 483 g/mol. The molecule has 0 bridgehead atoms. The van der Waals surface area contributed by atoms with E-state index >= 15 is 0 Å². The summed E-state index contributed by atoms with van der Waals surface area (Å²) < 4.78 is 31.7. The van der Waals surface area contributed by atoms with E-state index in [-0.39, 0.29) is 16.4 Å². The van der Waals surface area contributed by atoms with Gasteiger partial charge in [-0.3, -0.25) is 4.79 Å². The number of nitrogens with zero attached hydrogens (tertiary/aromatic N) is 3. The first-order chi connectivity index (χ1) is 15.5. The Bertz CT molecular complexity index is 1360. The molecule has 0 radical (unpaired) electrons. The molecular weight excluding hydrogens is 464 g/mol. The number of carbonyl (C=O) groups excluding carboxylic acids is 1. The van der Waals surface area contributed by atoms with Crippen molar-refractivity contribution in [3.8, 4) is 11.3 Å². The van der Waals surface area contributed by atoms with Gasteiger partial charge in [-0.1, -0.05) is 22.7 Å². The third kappa shape index (κ3) is 4.09. The first-order valence-electron chi connectivity index (χ1n) is 9.85. The van der Waals surface area contributed by atoms with E-state index in [4.69, 9.17) is 0 Å². The van der Waals surface area contributed by atoms with Crippen LogP contribution in [0, 0.1) is 0 Å². The molecule has 32 heavy (non-hydrogen) atoms. The Kier molecular flexibility index (Phi) is 5.60. The molecule has 7 nitrogen and oxygen atoms in total. The van der Waals surface area contributed by atoms with Crippen LogP contribution >= 0.6 is 22.9 Å². The summed E-state index contributed by atoms with van der Waals surface area (Å²) in [4.78, 5) is 14.1. The molecule has 0 atom stereocenters. The normalized spacial score (nSPS) is 14.1. The molecule has 0 unspecified atom stereocenters. The second-order valence-corrected chi connectivity index (χ2v) is 10.9. The summed E-state index contributed by atoms with van der Waals surface area (Å²) >= 11 is 2.93. The maximum Gasteiger partial charge on any atom is 0.255 e. The molecule has 5 rings (SSSR count). The summed E-state index contributed by atoms with van der Waals surface area (Å²) in [6, 6.07) is 15.4. The standard InChI is InChI=1S/C22H18N4O3S3/c27-22(23-18-6-4-15(5-7-18)20-14-31-25-24-20)16-2-1-3-19(12-16)32(28,29)26-10-8-21-17(13-26)9-11-30-21/h1-7,9,11-12,14H,8,10,13H2,(H,23,27). The van der Waals surface area contributed by atoms with Gasteiger partial charge in [0.25, 0.3) is 5.91 Å². The summed E-state index contributed by atoms with van der Waals surface area (Å²) in [5, 5.41) is 10.7. The molecule has 3 heterocycles. The van der Waals surface area contributed by atoms with Crippen LogP contribution in [0.1, 0.15) is 20.8 Å². The summed E-state index contributed by atoms with van der Waals surface area (Å²) in [5.74, 6) is -0.371. The largest absolute Gasteiger partial charge is 0.322 e. The summed E-state index contributed by atoms with van der Waals surface area (Å²) in [7, 11) is -3.70. The van der Waals surface area contributed by atoms with Crippen LogP contribution in [0.4, 0.5) is 5.69 Å². The van der Waals surface area contributed by atoms with E-state index in [1.54, 1.807) is 35.6 Å². The fraction of sp³-hybridized carbons (Fsp3) is 0.136. The Morgan fingerprint density at radius 1 is 1.09 bits per heavy atom. The lowest BCUT2D eigenvalue weighted by Gasteiger charge is -2.26. The molecule has 1 N–H and O–H groups in total. The SMILES string of the molecule is O=C(Nc1ccc(-c2csnn2)cc1)c1cccc(S(=O)(=O)N2CCc3sccc3C2)c1. The van der Waals surface area contributed by atoms with Crippen molar-refractivity contribution >= 4 is 44.5 Å². The van der Waals surface area contributed by atoms with Gasteiger partial charge >= 0.3 is 0 Å². The molecular formula is C22H18N4O3S3. The molecule has 1 aliphatic rings. The van der Waals surface area contributed by atoms with Gasteiger partial charge in [0.2, 0.25) is 10.0 Å². The van der Waals surface area contributed by atoms with Gasteiger partial charge in [-0.05, 0) is 65.3 Å². The van der Waals surface area contributed by atoms with Crippen LogP contribution in [0.5, 0.6) is 0 Å². The molecule has 10 heteroatoms. The van der Waals surface area contributed by atoms with Gasteiger partial charge in [0.05, 0.1) is 4.90 Å². The maximum atomic E-state index is 13.2. The first kappa shape index (κ1) is 21.0. The van der Waals surface area contributed by atoms with Crippen LogP contribution in [0.15, 0.2) is 70.3 Å². The predicted octanol–water partition coefficient (Wildman–Crippen LogP) is 4.27. The van der Waals surface area contributed by atoms with Crippen LogP contribution in [-0.4, -0.2) is 34.8 Å². The van der Waals surface area contributed by atoms with Crippen molar-refractivity contribution < 1.29 is 13.2 Å². The van der Waals surface area contributed by atoms with Gasteiger partial charge in [0.1, 0.15) is 5.69 Å². The van der Waals surface area contributed by atoms with Gasteiger partial charge in [0.15, 0.2) is 0 Å². The number of amides is 1. The third-order valence-electron chi connectivity index (χ3n) is 5.31. The molecule has 1 amide bonds. The van der Waals surface area contributed by atoms with Crippen molar-refractivity contribution in [3.63, 3.8) is 0 Å². The van der Waals surface area contributed by atoms with Gasteiger partial charge in [0, 0.05) is 40.2 Å². The number of hydrogen-bond acceptors (Lipinski definition) is 7. The van der Waals surface area contributed by atoms with Crippen molar-refractivity contribution in [2.24, 2.45) is 0 Å². The van der Waals surface area contributed by atoms with Gasteiger partial charge < -0.3 is 5.32 Å². The molecule has 0 aliphatic carbocycles. The lowest BCUT2D eigenvalue weighted by atomic mass is 10.1. The highest BCUT2D eigenvalue weighted by atomic mass is 32.2. The number of benzene rings is 2. The number of hydrogen-bond donors (Lipinski definition) is 1.